The van der Waals surface area contributed by atoms with Crippen LogP contribution in [0.5, 0.6) is 0 Å². The number of nitrogens with one attached hydrogen (secondary N) is 1. The van der Waals surface area contributed by atoms with Crippen LogP contribution >= 0.6 is 0 Å². The van der Waals surface area contributed by atoms with E-state index in [9.17, 15) is 4.79 Å². The van der Waals surface area contributed by atoms with Crippen LogP contribution in [-0.4, -0.2) is 17.5 Å². The SMILES string of the molecule is CCCCC(N)C(=O)NC(C)(C)CCC. The van der Waals surface area contributed by atoms with Gasteiger partial charge in [0.15, 0.2) is 0 Å². The van der Waals surface area contributed by atoms with Gasteiger partial charge in [0.25, 0.3) is 0 Å². The molecule has 1 amide bonds. The molecule has 0 aliphatic rings. The summed E-state index contributed by atoms with van der Waals surface area (Å²) in [6.07, 6.45) is 4.93. The predicted molar refractivity (Wildman–Crippen MR) is 64.6 cm³/mol. The second kappa shape index (κ2) is 6.83. The predicted octanol–water partition coefficient (Wildman–Crippen LogP) is 2.20. The summed E-state index contributed by atoms with van der Waals surface area (Å²) < 4.78 is 0. The van der Waals surface area contributed by atoms with Crippen LogP contribution in [0.4, 0.5) is 0 Å². The monoisotopic (exact) mass is 214 g/mol. The number of amides is 1. The number of nitrogens with two attached hydrogens (primary N) is 1. The van der Waals surface area contributed by atoms with Crippen molar-refractivity contribution in [3.05, 3.63) is 0 Å². The fourth-order valence-electron chi connectivity index (χ4n) is 1.67. The molecule has 3 heteroatoms. The maximum atomic E-state index is 11.7. The van der Waals surface area contributed by atoms with Gasteiger partial charge >= 0.3 is 0 Å². The summed E-state index contributed by atoms with van der Waals surface area (Å²) >= 11 is 0. The molecule has 90 valence electrons. The Morgan fingerprint density at radius 2 is 1.93 bits per heavy atom. The third-order valence-electron chi connectivity index (χ3n) is 2.54. The lowest BCUT2D eigenvalue weighted by molar-refractivity contribution is -0.124. The Bertz CT molecular complexity index is 190. The molecular formula is C12H26N2O. The fraction of sp³-hybridized carbons (Fsp3) is 0.917. The summed E-state index contributed by atoms with van der Waals surface area (Å²) in [7, 11) is 0. The van der Waals surface area contributed by atoms with Crippen LogP contribution in [0.1, 0.15) is 59.8 Å². The zero-order valence-electron chi connectivity index (χ0n) is 10.6. The van der Waals surface area contributed by atoms with Crippen molar-refractivity contribution in [3.8, 4) is 0 Å². The van der Waals surface area contributed by atoms with E-state index in [-0.39, 0.29) is 17.5 Å². The average Bonchev–Trinajstić information content (AvgIpc) is 2.13. The summed E-state index contributed by atoms with van der Waals surface area (Å²) in [6.45, 7) is 8.30. The Morgan fingerprint density at radius 1 is 1.33 bits per heavy atom. The summed E-state index contributed by atoms with van der Waals surface area (Å²) in [5.41, 5.74) is 5.67. The van der Waals surface area contributed by atoms with Gasteiger partial charge in [-0.3, -0.25) is 4.79 Å². The molecule has 1 unspecified atom stereocenters. The average molecular weight is 214 g/mol. The van der Waals surface area contributed by atoms with Crippen molar-refractivity contribution in [3.63, 3.8) is 0 Å². The van der Waals surface area contributed by atoms with Gasteiger partial charge in [-0.2, -0.15) is 0 Å². The Kier molecular flexibility index (Phi) is 6.57. The highest BCUT2D eigenvalue weighted by Crippen LogP contribution is 2.11. The molecule has 3 N–H and O–H groups in total. The Hall–Kier alpha value is -0.570. The lowest BCUT2D eigenvalue weighted by Gasteiger charge is -2.27. The molecule has 0 heterocycles. The zero-order valence-corrected chi connectivity index (χ0v) is 10.6. The number of rotatable bonds is 7. The van der Waals surface area contributed by atoms with Crippen molar-refractivity contribution < 1.29 is 4.79 Å². The molecule has 0 rings (SSSR count). The van der Waals surface area contributed by atoms with E-state index in [1.54, 1.807) is 0 Å². The first kappa shape index (κ1) is 14.4. The smallest absolute Gasteiger partial charge is 0.237 e. The largest absolute Gasteiger partial charge is 0.350 e. The van der Waals surface area contributed by atoms with Gasteiger partial charge in [0.1, 0.15) is 0 Å². The minimum absolute atomic E-state index is 0.0121. The van der Waals surface area contributed by atoms with Crippen molar-refractivity contribution in [1.29, 1.82) is 0 Å². The van der Waals surface area contributed by atoms with Gasteiger partial charge in [0, 0.05) is 5.54 Å². The molecule has 0 saturated heterocycles. The van der Waals surface area contributed by atoms with Crippen LogP contribution in [0.25, 0.3) is 0 Å². The van der Waals surface area contributed by atoms with E-state index in [1.165, 1.54) is 0 Å². The van der Waals surface area contributed by atoms with Crippen LogP contribution in [0.15, 0.2) is 0 Å². The molecule has 0 aliphatic heterocycles. The van der Waals surface area contributed by atoms with E-state index in [1.807, 2.05) is 13.8 Å². The van der Waals surface area contributed by atoms with Gasteiger partial charge < -0.3 is 11.1 Å². The lowest BCUT2D eigenvalue weighted by Crippen LogP contribution is -2.50. The Balaban J connectivity index is 4.00. The minimum Gasteiger partial charge on any atom is -0.350 e. The second-order valence-electron chi connectivity index (χ2n) is 4.87. The number of hydrogen-bond acceptors (Lipinski definition) is 2. The molecule has 0 aromatic carbocycles. The first-order valence-electron chi connectivity index (χ1n) is 6.00. The van der Waals surface area contributed by atoms with E-state index < -0.39 is 0 Å². The third-order valence-corrected chi connectivity index (χ3v) is 2.54. The molecule has 0 radical (unpaired) electrons. The molecule has 0 spiro atoms. The first-order chi connectivity index (χ1) is 6.93. The second-order valence-corrected chi connectivity index (χ2v) is 4.87. The molecule has 0 saturated carbocycles. The first-order valence-corrected chi connectivity index (χ1v) is 6.00. The van der Waals surface area contributed by atoms with E-state index >= 15 is 0 Å². The summed E-state index contributed by atoms with van der Waals surface area (Å²) in [4.78, 5) is 11.7. The van der Waals surface area contributed by atoms with Crippen LogP contribution in [0, 0.1) is 0 Å². The lowest BCUT2D eigenvalue weighted by atomic mass is 9.98. The van der Waals surface area contributed by atoms with Gasteiger partial charge in [-0.05, 0) is 26.7 Å². The summed E-state index contributed by atoms with van der Waals surface area (Å²) in [5, 5.41) is 3.00. The Morgan fingerprint density at radius 3 is 2.40 bits per heavy atom. The van der Waals surface area contributed by atoms with Crippen molar-refractivity contribution in [2.45, 2.75) is 71.4 Å². The third kappa shape index (κ3) is 6.50. The maximum Gasteiger partial charge on any atom is 0.237 e. The molecular weight excluding hydrogens is 188 g/mol. The van der Waals surface area contributed by atoms with Gasteiger partial charge in [-0.15, -0.1) is 0 Å². The molecule has 0 bridgehead atoms. The number of carbonyl (C=O) groups is 1. The quantitative estimate of drug-likeness (QED) is 0.682. The van der Waals surface area contributed by atoms with Crippen LogP contribution in [0.2, 0.25) is 0 Å². The van der Waals surface area contributed by atoms with Crippen LogP contribution in [-0.2, 0) is 4.79 Å². The topological polar surface area (TPSA) is 55.1 Å². The molecule has 3 nitrogen and oxygen atoms in total. The standard InChI is InChI=1S/C12H26N2O/c1-5-7-8-10(13)11(15)14-12(3,4)9-6-2/h10H,5-9,13H2,1-4H3,(H,14,15). The minimum atomic E-state index is -0.346. The molecule has 0 aromatic heterocycles. The van der Waals surface area contributed by atoms with Gasteiger partial charge in [0.05, 0.1) is 6.04 Å². The van der Waals surface area contributed by atoms with E-state index in [4.69, 9.17) is 5.73 Å². The van der Waals surface area contributed by atoms with Crippen molar-refractivity contribution in [2.75, 3.05) is 0 Å². The summed E-state index contributed by atoms with van der Waals surface area (Å²) in [5.74, 6) is -0.0121. The van der Waals surface area contributed by atoms with Crippen LogP contribution < -0.4 is 11.1 Å². The van der Waals surface area contributed by atoms with Crippen molar-refractivity contribution >= 4 is 5.91 Å². The van der Waals surface area contributed by atoms with E-state index in [0.29, 0.717) is 0 Å². The highest BCUT2D eigenvalue weighted by Gasteiger charge is 2.22. The molecule has 0 fully saturated rings. The number of hydrogen-bond donors (Lipinski definition) is 2. The summed E-state index contributed by atoms with van der Waals surface area (Å²) in [6, 6.07) is -0.346. The van der Waals surface area contributed by atoms with Gasteiger partial charge in [-0.1, -0.05) is 33.1 Å². The number of carbonyl (C=O) groups excluding carboxylic acids is 1. The molecule has 0 aromatic rings. The normalized spacial score (nSPS) is 13.7. The van der Waals surface area contributed by atoms with Crippen LogP contribution in [0.3, 0.4) is 0 Å². The van der Waals surface area contributed by atoms with Gasteiger partial charge in [-0.25, -0.2) is 0 Å². The molecule has 1 atom stereocenters. The zero-order chi connectivity index (χ0) is 11.9. The molecule has 0 aliphatic carbocycles. The van der Waals surface area contributed by atoms with Crippen molar-refractivity contribution in [2.24, 2.45) is 5.73 Å². The number of unbranched alkanes of at least 4 members (excludes halogenated alkanes) is 1. The van der Waals surface area contributed by atoms with Crippen molar-refractivity contribution in [1.82, 2.24) is 5.32 Å². The van der Waals surface area contributed by atoms with E-state index in [2.05, 4.69) is 19.2 Å². The highest BCUT2D eigenvalue weighted by molar-refractivity contribution is 5.82. The fourth-order valence-corrected chi connectivity index (χ4v) is 1.67. The maximum absolute atomic E-state index is 11.7. The molecule has 15 heavy (non-hydrogen) atoms. The van der Waals surface area contributed by atoms with Gasteiger partial charge in [0.2, 0.25) is 5.91 Å². The van der Waals surface area contributed by atoms with E-state index in [0.717, 1.165) is 32.1 Å². The highest BCUT2D eigenvalue weighted by atomic mass is 16.2. The Labute approximate surface area is 93.8 Å².